The Morgan fingerprint density at radius 3 is 2.55 bits per heavy atom. The number of allylic oxidation sites excluding steroid dienone is 1. The smallest absolute Gasteiger partial charge is 0.336 e. The SMILES string of the molecule is C1=CB(c2ccccc2)N=C1. The van der Waals surface area contributed by atoms with Gasteiger partial charge in [-0.25, -0.2) is 0 Å². The van der Waals surface area contributed by atoms with Gasteiger partial charge in [-0.15, -0.1) is 0 Å². The zero-order valence-corrected chi connectivity index (χ0v) is 6.14. The van der Waals surface area contributed by atoms with E-state index in [9.17, 15) is 0 Å². The monoisotopic (exact) mass is 141 g/mol. The zero-order valence-electron chi connectivity index (χ0n) is 6.14. The van der Waals surface area contributed by atoms with Gasteiger partial charge in [-0.1, -0.05) is 47.8 Å². The minimum Gasteiger partial charge on any atom is -0.337 e. The molecule has 0 aliphatic carbocycles. The molecule has 0 N–H and O–H groups in total. The average molecular weight is 141 g/mol. The molecular formula is C9H8BN. The minimum atomic E-state index is 0.260. The van der Waals surface area contributed by atoms with E-state index in [1.165, 1.54) is 5.46 Å². The second-order valence-electron chi connectivity index (χ2n) is 2.54. The second-order valence-corrected chi connectivity index (χ2v) is 2.54. The van der Waals surface area contributed by atoms with Crippen molar-refractivity contribution in [3.63, 3.8) is 0 Å². The van der Waals surface area contributed by atoms with Crippen LogP contribution in [0.2, 0.25) is 0 Å². The largest absolute Gasteiger partial charge is 0.337 e. The van der Waals surface area contributed by atoms with Crippen LogP contribution in [0.3, 0.4) is 0 Å². The van der Waals surface area contributed by atoms with Crippen molar-refractivity contribution in [2.24, 2.45) is 4.90 Å². The summed E-state index contributed by atoms with van der Waals surface area (Å²) in [6.07, 6.45) is 3.83. The van der Waals surface area contributed by atoms with Gasteiger partial charge >= 0.3 is 6.85 Å². The molecule has 2 heteroatoms. The normalized spacial score (nSPS) is 14.4. The van der Waals surface area contributed by atoms with Gasteiger partial charge in [-0.2, -0.15) is 0 Å². The molecule has 0 unspecified atom stereocenters. The molecule has 1 aromatic rings. The molecule has 1 aliphatic heterocycles. The summed E-state index contributed by atoms with van der Waals surface area (Å²) < 4.78 is 0. The highest BCUT2D eigenvalue weighted by Gasteiger charge is 2.12. The fourth-order valence-electron chi connectivity index (χ4n) is 1.19. The molecule has 0 fully saturated rings. The Morgan fingerprint density at radius 1 is 1.09 bits per heavy atom. The van der Waals surface area contributed by atoms with Crippen LogP contribution >= 0.6 is 0 Å². The van der Waals surface area contributed by atoms with Crippen LogP contribution in [0.4, 0.5) is 0 Å². The minimum absolute atomic E-state index is 0.260. The van der Waals surface area contributed by atoms with Crippen LogP contribution in [-0.4, -0.2) is 13.1 Å². The lowest BCUT2D eigenvalue weighted by Gasteiger charge is -1.98. The Morgan fingerprint density at radius 2 is 1.91 bits per heavy atom. The summed E-state index contributed by atoms with van der Waals surface area (Å²) in [7, 11) is 0. The summed E-state index contributed by atoms with van der Waals surface area (Å²) in [5.74, 6) is 2.09. The molecule has 0 bridgehead atoms. The first-order chi connectivity index (χ1) is 5.47. The molecule has 0 aromatic heterocycles. The summed E-state index contributed by atoms with van der Waals surface area (Å²) in [6, 6.07) is 10.3. The Hall–Kier alpha value is -1.31. The summed E-state index contributed by atoms with van der Waals surface area (Å²) in [5.41, 5.74) is 1.26. The summed E-state index contributed by atoms with van der Waals surface area (Å²) >= 11 is 0. The van der Waals surface area contributed by atoms with E-state index in [0.717, 1.165) is 0 Å². The van der Waals surface area contributed by atoms with Gasteiger partial charge in [0.05, 0.1) is 0 Å². The lowest BCUT2D eigenvalue weighted by Crippen LogP contribution is -2.24. The first-order valence-corrected chi connectivity index (χ1v) is 3.72. The molecule has 2 rings (SSSR count). The van der Waals surface area contributed by atoms with E-state index in [4.69, 9.17) is 0 Å². The predicted octanol–water partition coefficient (Wildman–Crippen LogP) is 1.06. The van der Waals surface area contributed by atoms with E-state index in [0.29, 0.717) is 0 Å². The van der Waals surface area contributed by atoms with Crippen molar-refractivity contribution < 1.29 is 0 Å². The maximum absolute atomic E-state index is 4.27. The number of benzene rings is 1. The number of nitrogens with zero attached hydrogens (tertiary/aromatic N) is 1. The number of rotatable bonds is 1. The lowest BCUT2D eigenvalue weighted by molar-refractivity contribution is 1.73. The van der Waals surface area contributed by atoms with E-state index in [2.05, 4.69) is 23.0 Å². The van der Waals surface area contributed by atoms with E-state index in [-0.39, 0.29) is 6.85 Å². The van der Waals surface area contributed by atoms with E-state index < -0.39 is 0 Å². The number of hydrogen-bond donors (Lipinski definition) is 0. The zero-order chi connectivity index (χ0) is 7.52. The van der Waals surface area contributed by atoms with E-state index in [1.54, 1.807) is 0 Å². The summed E-state index contributed by atoms with van der Waals surface area (Å²) in [5, 5.41) is 0. The van der Waals surface area contributed by atoms with Crippen molar-refractivity contribution >= 4 is 18.5 Å². The first-order valence-electron chi connectivity index (χ1n) is 3.72. The highest BCUT2D eigenvalue weighted by Crippen LogP contribution is 1.95. The quantitative estimate of drug-likeness (QED) is 0.518. The molecule has 52 valence electrons. The van der Waals surface area contributed by atoms with Gasteiger partial charge in [0.25, 0.3) is 0 Å². The highest BCUT2D eigenvalue weighted by molar-refractivity contribution is 6.78. The second kappa shape index (κ2) is 2.75. The third-order valence-electron chi connectivity index (χ3n) is 1.77. The van der Waals surface area contributed by atoms with Gasteiger partial charge in [-0.3, -0.25) is 0 Å². The molecule has 0 radical (unpaired) electrons. The molecule has 1 aromatic carbocycles. The van der Waals surface area contributed by atoms with Crippen molar-refractivity contribution in [2.75, 3.05) is 0 Å². The van der Waals surface area contributed by atoms with E-state index >= 15 is 0 Å². The molecule has 1 heterocycles. The fraction of sp³-hybridized carbons (Fsp3) is 0. The van der Waals surface area contributed by atoms with Gasteiger partial charge in [0.15, 0.2) is 0 Å². The summed E-state index contributed by atoms with van der Waals surface area (Å²) in [6.45, 7) is 0.260. The van der Waals surface area contributed by atoms with Crippen LogP contribution in [0.25, 0.3) is 0 Å². The van der Waals surface area contributed by atoms with Crippen LogP contribution in [0.15, 0.2) is 47.3 Å². The molecule has 0 spiro atoms. The molecule has 0 saturated carbocycles. The molecular weight excluding hydrogens is 133 g/mol. The van der Waals surface area contributed by atoms with Crippen molar-refractivity contribution in [3.05, 3.63) is 42.4 Å². The van der Waals surface area contributed by atoms with Gasteiger partial charge in [-0.05, 0) is 0 Å². The standard InChI is InChI=1S/C9H8BN/c1-2-5-9(6-3-1)10-7-4-8-11-10/h1-8H. The highest BCUT2D eigenvalue weighted by atomic mass is 14.6. The lowest BCUT2D eigenvalue weighted by atomic mass is 9.58. The van der Waals surface area contributed by atoms with Crippen LogP contribution in [0, 0.1) is 0 Å². The molecule has 0 saturated heterocycles. The Balaban J connectivity index is 2.30. The average Bonchev–Trinajstić information content (AvgIpc) is 2.58. The van der Waals surface area contributed by atoms with Crippen LogP contribution in [0.5, 0.6) is 0 Å². The maximum Gasteiger partial charge on any atom is 0.336 e. The molecule has 11 heavy (non-hydrogen) atoms. The van der Waals surface area contributed by atoms with Crippen molar-refractivity contribution in [2.45, 2.75) is 0 Å². The van der Waals surface area contributed by atoms with Crippen molar-refractivity contribution in [3.8, 4) is 0 Å². The molecule has 0 amide bonds. The van der Waals surface area contributed by atoms with Gasteiger partial charge in [0.2, 0.25) is 0 Å². The third kappa shape index (κ3) is 1.24. The van der Waals surface area contributed by atoms with Crippen LogP contribution in [0.1, 0.15) is 0 Å². The van der Waals surface area contributed by atoms with Gasteiger partial charge in [0.1, 0.15) is 0 Å². The fourth-order valence-corrected chi connectivity index (χ4v) is 1.19. The van der Waals surface area contributed by atoms with Gasteiger partial charge < -0.3 is 4.90 Å². The van der Waals surface area contributed by atoms with Crippen LogP contribution in [-0.2, 0) is 0 Å². The molecule has 0 atom stereocenters. The predicted molar refractivity (Wildman–Crippen MR) is 49.5 cm³/mol. The Kier molecular flexibility index (Phi) is 1.60. The third-order valence-corrected chi connectivity index (χ3v) is 1.77. The number of hydrogen-bond acceptors (Lipinski definition) is 1. The Labute approximate surface area is 66.6 Å². The molecule has 1 aliphatic rings. The Bertz CT molecular complexity index is 278. The van der Waals surface area contributed by atoms with Crippen molar-refractivity contribution in [1.82, 2.24) is 0 Å². The van der Waals surface area contributed by atoms with Crippen LogP contribution < -0.4 is 5.46 Å². The maximum atomic E-state index is 4.27. The van der Waals surface area contributed by atoms with E-state index in [1.807, 2.05) is 30.5 Å². The summed E-state index contributed by atoms with van der Waals surface area (Å²) in [4.78, 5) is 4.27. The van der Waals surface area contributed by atoms with Crippen molar-refractivity contribution in [1.29, 1.82) is 0 Å². The molecule has 1 nitrogen and oxygen atoms in total. The topological polar surface area (TPSA) is 12.4 Å². The van der Waals surface area contributed by atoms with Gasteiger partial charge in [0, 0.05) is 6.21 Å². The first kappa shape index (κ1) is 6.41.